The molecule has 3 heteroatoms. The Labute approximate surface area is 104 Å². The summed E-state index contributed by atoms with van der Waals surface area (Å²) in [5.74, 6) is -0.722. The number of carbonyl (C=O) groups is 1. The molecule has 0 fully saturated rings. The first-order valence-electron chi connectivity index (χ1n) is 5.79. The van der Waals surface area contributed by atoms with Gasteiger partial charge in [-0.05, 0) is 17.7 Å². The lowest BCUT2D eigenvalue weighted by Gasteiger charge is -2.25. The number of rotatable bonds is 1. The van der Waals surface area contributed by atoms with Crippen LogP contribution in [0.4, 0.5) is 4.39 Å². The van der Waals surface area contributed by atoms with Gasteiger partial charge in [0.15, 0.2) is 0 Å². The number of hydrogen-bond acceptors (Lipinski definition) is 2. The molecule has 0 bridgehead atoms. The fourth-order valence-electron chi connectivity index (χ4n) is 2.24. The minimum Gasteiger partial charge on any atom is -0.453 e. The number of carbonyl (C=O) groups excluding carboxylic acids is 1. The Balaban J connectivity index is 2.00. The molecular weight excluding hydrogens is 231 g/mol. The molecule has 1 heterocycles. The molecule has 1 aliphatic rings. The molecule has 0 aliphatic carbocycles. The molecule has 3 rings (SSSR count). The zero-order chi connectivity index (χ0) is 12.5. The molecule has 2 aromatic rings. The summed E-state index contributed by atoms with van der Waals surface area (Å²) < 4.78 is 19.0. The van der Waals surface area contributed by atoms with E-state index in [4.69, 9.17) is 4.74 Å². The van der Waals surface area contributed by atoms with E-state index >= 15 is 0 Å². The van der Waals surface area contributed by atoms with Crippen molar-refractivity contribution < 1.29 is 13.9 Å². The monoisotopic (exact) mass is 242 g/mol. The van der Waals surface area contributed by atoms with Crippen LogP contribution in [0.25, 0.3) is 0 Å². The number of cyclic esters (lactones) is 1. The first kappa shape index (κ1) is 11.0. The van der Waals surface area contributed by atoms with Crippen molar-refractivity contribution in [3.8, 4) is 0 Å². The van der Waals surface area contributed by atoms with E-state index in [1.165, 1.54) is 6.07 Å². The summed E-state index contributed by atoms with van der Waals surface area (Å²) in [6.07, 6.45) is -0.0170. The Morgan fingerprint density at radius 3 is 2.61 bits per heavy atom. The van der Waals surface area contributed by atoms with Crippen LogP contribution < -0.4 is 0 Å². The lowest BCUT2D eigenvalue weighted by Crippen LogP contribution is -2.22. The molecule has 1 atom stereocenters. The highest BCUT2D eigenvalue weighted by Crippen LogP contribution is 2.31. The van der Waals surface area contributed by atoms with Crippen LogP contribution in [0.1, 0.15) is 27.6 Å². The molecule has 0 amide bonds. The second kappa shape index (κ2) is 4.26. The normalized spacial score (nSPS) is 18.1. The van der Waals surface area contributed by atoms with Gasteiger partial charge >= 0.3 is 5.97 Å². The Morgan fingerprint density at radius 1 is 1.06 bits per heavy atom. The summed E-state index contributed by atoms with van der Waals surface area (Å²) in [7, 11) is 0. The predicted octanol–water partition coefficient (Wildman–Crippen LogP) is 3.28. The van der Waals surface area contributed by atoms with E-state index in [2.05, 4.69) is 0 Å². The van der Waals surface area contributed by atoms with E-state index in [9.17, 15) is 9.18 Å². The minimum atomic E-state index is -0.534. The highest BCUT2D eigenvalue weighted by atomic mass is 19.1. The highest BCUT2D eigenvalue weighted by molar-refractivity contribution is 5.92. The average molecular weight is 242 g/mol. The van der Waals surface area contributed by atoms with Crippen molar-refractivity contribution in [2.75, 3.05) is 0 Å². The van der Waals surface area contributed by atoms with Crippen molar-refractivity contribution >= 4 is 5.97 Å². The third-order valence-corrected chi connectivity index (χ3v) is 3.14. The molecule has 0 aromatic heterocycles. The van der Waals surface area contributed by atoms with Gasteiger partial charge in [0.2, 0.25) is 0 Å². The van der Waals surface area contributed by atoms with Gasteiger partial charge in [-0.3, -0.25) is 0 Å². The van der Waals surface area contributed by atoms with Crippen molar-refractivity contribution in [2.24, 2.45) is 0 Å². The Bertz CT molecular complexity index is 607. The third kappa shape index (κ3) is 1.78. The van der Waals surface area contributed by atoms with Crippen LogP contribution in [0.5, 0.6) is 0 Å². The fourth-order valence-corrected chi connectivity index (χ4v) is 2.24. The summed E-state index contributed by atoms with van der Waals surface area (Å²) in [5, 5.41) is 0. The van der Waals surface area contributed by atoms with Crippen molar-refractivity contribution in [3.63, 3.8) is 0 Å². The maximum Gasteiger partial charge on any atom is 0.339 e. The molecule has 1 aliphatic heterocycles. The minimum absolute atomic E-state index is 0.338. The van der Waals surface area contributed by atoms with E-state index in [1.54, 1.807) is 30.3 Å². The largest absolute Gasteiger partial charge is 0.453 e. The van der Waals surface area contributed by atoms with E-state index in [1.807, 2.05) is 12.1 Å². The Hall–Kier alpha value is -2.16. The summed E-state index contributed by atoms with van der Waals surface area (Å²) in [6.45, 7) is 0. The molecule has 0 radical (unpaired) electrons. The van der Waals surface area contributed by atoms with Crippen LogP contribution in [0.15, 0.2) is 48.5 Å². The molecule has 0 spiro atoms. The first-order chi connectivity index (χ1) is 8.75. The third-order valence-electron chi connectivity index (χ3n) is 3.14. The van der Waals surface area contributed by atoms with Crippen molar-refractivity contribution in [2.45, 2.75) is 12.5 Å². The number of benzene rings is 2. The van der Waals surface area contributed by atoms with Crippen molar-refractivity contribution in [1.29, 1.82) is 0 Å². The van der Waals surface area contributed by atoms with Gasteiger partial charge in [0.25, 0.3) is 0 Å². The zero-order valence-electron chi connectivity index (χ0n) is 9.60. The standard InChI is InChI=1S/C15H11FO2/c16-13-8-4-3-7-12(13)14-9-10-5-1-2-6-11(10)15(17)18-14/h1-8,14H,9H2. The van der Waals surface area contributed by atoms with Gasteiger partial charge in [0, 0.05) is 12.0 Å². The smallest absolute Gasteiger partial charge is 0.339 e. The topological polar surface area (TPSA) is 26.3 Å². The maximum atomic E-state index is 13.7. The quantitative estimate of drug-likeness (QED) is 0.717. The van der Waals surface area contributed by atoms with Crippen molar-refractivity contribution in [1.82, 2.24) is 0 Å². The second-order valence-corrected chi connectivity index (χ2v) is 4.28. The number of halogens is 1. The van der Waals surface area contributed by atoms with Crippen LogP contribution >= 0.6 is 0 Å². The molecule has 0 saturated heterocycles. The van der Waals surface area contributed by atoms with E-state index < -0.39 is 6.10 Å². The van der Waals surface area contributed by atoms with Crippen LogP contribution in [0.2, 0.25) is 0 Å². The highest BCUT2D eigenvalue weighted by Gasteiger charge is 2.28. The van der Waals surface area contributed by atoms with E-state index in [0.717, 1.165) is 5.56 Å². The molecule has 0 saturated carbocycles. The van der Waals surface area contributed by atoms with Gasteiger partial charge in [0.1, 0.15) is 11.9 Å². The number of esters is 1. The molecule has 2 aromatic carbocycles. The van der Waals surface area contributed by atoms with Gasteiger partial charge in [-0.2, -0.15) is 0 Å². The van der Waals surface area contributed by atoms with E-state index in [-0.39, 0.29) is 11.8 Å². The summed E-state index contributed by atoms with van der Waals surface area (Å²) in [6, 6.07) is 13.7. The summed E-state index contributed by atoms with van der Waals surface area (Å²) in [5.41, 5.74) is 1.91. The molecule has 1 unspecified atom stereocenters. The van der Waals surface area contributed by atoms with Crippen LogP contribution in [-0.2, 0) is 11.2 Å². The lowest BCUT2D eigenvalue weighted by atomic mass is 9.94. The number of hydrogen-bond donors (Lipinski definition) is 0. The average Bonchev–Trinajstić information content (AvgIpc) is 2.39. The Morgan fingerprint density at radius 2 is 1.78 bits per heavy atom. The van der Waals surface area contributed by atoms with Gasteiger partial charge in [-0.25, -0.2) is 9.18 Å². The summed E-state index contributed by atoms with van der Waals surface area (Å²) in [4.78, 5) is 11.8. The zero-order valence-corrected chi connectivity index (χ0v) is 9.60. The molecule has 90 valence electrons. The molecule has 18 heavy (non-hydrogen) atoms. The van der Waals surface area contributed by atoms with Gasteiger partial charge in [-0.15, -0.1) is 0 Å². The summed E-state index contributed by atoms with van der Waals surface area (Å²) >= 11 is 0. The van der Waals surface area contributed by atoms with E-state index in [0.29, 0.717) is 17.5 Å². The molecule has 2 nitrogen and oxygen atoms in total. The predicted molar refractivity (Wildman–Crippen MR) is 64.7 cm³/mol. The number of ether oxygens (including phenoxy) is 1. The van der Waals surface area contributed by atoms with Gasteiger partial charge in [0.05, 0.1) is 5.56 Å². The van der Waals surface area contributed by atoms with Gasteiger partial charge < -0.3 is 4.74 Å². The molecular formula is C15H11FO2. The fraction of sp³-hybridized carbons (Fsp3) is 0.133. The second-order valence-electron chi connectivity index (χ2n) is 4.28. The Kier molecular flexibility index (Phi) is 2.59. The van der Waals surface area contributed by atoms with Crippen LogP contribution in [-0.4, -0.2) is 5.97 Å². The maximum absolute atomic E-state index is 13.7. The lowest BCUT2D eigenvalue weighted by molar-refractivity contribution is 0.0245. The van der Waals surface area contributed by atoms with Crippen LogP contribution in [0.3, 0.4) is 0 Å². The number of fused-ring (bicyclic) bond motifs is 1. The SMILES string of the molecule is O=C1OC(c2ccccc2F)Cc2ccccc21. The van der Waals surface area contributed by atoms with Crippen LogP contribution in [0, 0.1) is 5.82 Å². The first-order valence-corrected chi connectivity index (χ1v) is 5.79. The molecule has 0 N–H and O–H groups in total. The van der Waals surface area contributed by atoms with Crippen molar-refractivity contribution in [3.05, 3.63) is 71.0 Å². The van der Waals surface area contributed by atoms with Gasteiger partial charge in [-0.1, -0.05) is 36.4 Å².